The van der Waals surface area contributed by atoms with Crippen molar-refractivity contribution in [2.24, 2.45) is 10.9 Å². The largest absolute Gasteiger partial charge is 0.409 e. The molecule has 1 aromatic rings. The normalized spacial score (nSPS) is 11.7. The van der Waals surface area contributed by atoms with Crippen molar-refractivity contribution in [3.05, 3.63) is 29.3 Å². The lowest BCUT2D eigenvalue weighted by Crippen LogP contribution is -2.18. The molecule has 6 heteroatoms. The van der Waals surface area contributed by atoms with Crippen LogP contribution in [0, 0.1) is 11.6 Å². The van der Waals surface area contributed by atoms with Gasteiger partial charge in [-0.05, 0) is 18.6 Å². The van der Waals surface area contributed by atoms with Gasteiger partial charge in [-0.1, -0.05) is 50.6 Å². The average Bonchev–Trinajstić information content (AvgIpc) is 2.51. The molecule has 0 bridgehead atoms. The van der Waals surface area contributed by atoms with Gasteiger partial charge in [0.05, 0.1) is 11.3 Å². The number of amidine groups is 1. The molecular weight excluding hydrogens is 288 g/mol. The SMILES string of the molecule is CCCCCCCCCNc1ccc(F)c(/C(N)=N/O)c1F. The van der Waals surface area contributed by atoms with Crippen LogP contribution in [0.5, 0.6) is 0 Å². The number of unbranched alkanes of at least 4 members (excludes halogenated alkanes) is 6. The number of rotatable bonds is 10. The van der Waals surface area contributed by atoms with Crippen LogP contribution in [0.3, 0.4) is 0 Å². The first kappa shape index (κ1) is 18.2. The number of nitrogens with zero attached hydrogens (tertiary/aromatic N) is 1. The van der Waals surface area contributed by atoms with Crippen LogP contribution in [0.25, 0.3) is 0 Å². The number of hydrogen-bond acceptors (Lipinski definition) is 3. The van der Waals surface area contributed by atoms with Gasteiger partial charge in [0, 0.05) is 6.54 Å². The fourth-order valence-corrected chi connectivity index (χ4v) is 2.28. The minimum absolute atomic E-state index is 0.161. The van der Waals surface area contributed by atoms with Gasteiger partial charge in [-0.3, -0.25) is 0 Å². The van der Waals surface area contributed by atoms with E-state index in [1.54, 1.807) is 0 Å². The Morgan fingerprint density at radius 1 is 1.14 bits per heavy atom. The molecule has 0 fully saturated rings. The van der Waals surface area contributed by atoms with Gasteiger partial charge in [-0.2, -0.15) is 0 Å². The van der Waals surface area contributed by atoms with Gasteiger partial charge in [0.1, 0.15) is 5.82 Å². The van der Waals surface area contributed by atoms with Gasteiger partial charge in [0.15, 0.2) is 11.7 Å². The molecule has 22 heavy (non-hydrogen) atoms. The van der Waals surface area contributed by atoms with Gasteiger partial charge in [-0.25, -0.2) is 8.78 Å². The van der Waals surface area contributed by atoms with Crippen molar-refractivity contribution in [2.45, 2.75) is 51.9 Å². The van der Waals surface area contributed by atoms with Crippen molar-refractivity contribution < 1.29 is 14.0 Å². The molecular formula is C16H25F2N3O. The monoisotopic (exact) mass is 313 g/mol. The summed E-state index contributed by atoms with van der Waals surface area (Å²) in [6.45, 7) is 2.79. The van der Waals surface area contributed by atoms with Crippen LogP contribution in [-0.4, -0.2) is 17.6 Å². The van der Waals surface area contributed by atoms with E-state index in [0.717, 1.165) is 18.9 Å². The highest BCUT2D eigenvalue weighted by molar-refractivity contribution is 5.98. The Hall–Kier alpha value is -1.85. The van der Waals surface area contributed by atoms with E-state index in [0.29, 0.717) is 6.54 Å². The molecule has 4 N–H and O–H groups in total. The van der Waals surface area contributed by atoms with E-state index < -0.39 is 23.0 Å². The number of nitrogens with two attached hydrogens (primary N) is 1. The van der Waals surface area contributed by atoms with Gasteiger partial charge in [0.25, 0.3) is 0 Å². The molecule has 124 valence electrons. The number of benzene rings is 1. The summed E-state index contributed by atoms with van der Waals surface area (Å²) in [6, 6.07) is 2.42. The van der Waals surface area contributed by atoms with Crippen molar-refractivity contribution in [1.82, 2.24) is 0 Å². The Balaban J connectivity index is 2.44. The van der Waals surface area contributed by atoms with Crippen molar-refractivity contribution >= 4 is 11.5 Å². The summed E-state index contributed by atoms with van der Waals surface area (Å²) in [6.07, 6.45) is 8.16. The third-order valence-electron chi connectivity index (χ3n) is 3.55. The summed E-state index contributed by atoms with van der Waals surface area (Å²) >= 11 is 0. The van der Waals surface area contributed by atoms with Crippen molar-refractivity contribution in [1.29, 1.82) is 0 Å². The van der Waals surface area contributed by atoms with E-state index in [4.69, 9.17) is 10.9 Å². The molecule has 1 aromatic carbocycles. The zero-order valence-electron chi connectivity index (χ0n) is 13.0. The van der Waals surface area contributed by atoms with Gasteiger partial charge in [0.2, 0.25) is 0 Å². The first-order chi connectivity index (χ1) is 10.6. The predicted molar refractivity (Wildman–Crippen MR) is 85.4 cm³/mol. The molecule has 0 aliphatic carbocycles. The Bertz CT molecular complexity index is 493. The molecule has 0 aliphatic heterocycles. The van der Waals surface area contributed by atoms with Crippen LogP contribution < -0.4 is 11.1 Å². The average molecular weight is 313 g/mol. The number of anilines is 1. The lowest BCUT2D eigenvalue weighted by atomic mass is 10.1. The Labute approximate surface area is 130 Å². The van der Waals surface area contributed by atoms with Crippen LogP contribution in [0.1, 0.15) is 57.4 Å². The molecule has 0 amide bonds. The highest BCUT2D eigenvalue weighted by Crippen LogP contribution is 2.21. The Morgan fingerprint density at radius 3 is 2.41 bits per heavy atom. The van der Waals surface area contributed by atoms with Crippen molar-refractivity contribution in [3.8, 4) is 0 Å². The minimum Gasteiger partial charge on any atom is -0.409 e. The summed E-state index contributed by atoms with van der Waals surface area (Å²) in [5, 5.41) is 14.2. The number of oxime groups is 1. The number of nitrogens with one attached hydrogen (secondary N) is 1. The second kappa shape index (κ2) is 9.97. The Morgan fingerprint density at radius 2 is 1.77 bits per heavy atom. The van der Waals surface area contributed by atoms with Gasteiger partial charge in [-0.15, -0.1) is 0 Å². The Kier molecular flexibility index (Phi) is 8.25. The maximum atomic E-state index is 14.1. The molecule has 0 aliphatic rings. The molecule has 0 spiro atoms. The van der Waals surface area contributed by atoms with E-state index in [-0.39, 0.29) is 5.69 Å². The molecule has 1 rings (SSSR count). The molecule has 0 aromatic heterocycles. The third kappa shape index (κ3) is 5.50. The summed E-state index contributed by atoms with van der Waals surface area (Å²) < 4.78 is 27.6. The lowest BCUT2D eigenvalue weighted by Gasteiger charge is -2.11. The molecule has 0 heterocycles. The van der Waals surface area contributed by atoms with E-state index in [2.05, 4.69) is 17.4 Å². The molecule has 0 saturated carbocycles. The second-order valence-electron chi connectivity index (χ2n) is 5.32. The molecule has 0 atom stereocenters. The minimum atomic E-state index is -0.853. The van der Waals surface area contributed by atoms with Crippen molar-refractivity contribution in [2.75, 3.05) is 11.9 Å². The van der Waals surface area contributed by atoms with E-state index in [9.17, 15) is 8.78 Å². The van der Waals surface area contributed by atoms with E-state index >= 15 is 0 Å². The first-order valence-electron chi connectivity index (χ1n) is 7.81. The van der Waals surface area contributed by atoms with Gasteiger partial charge >= 0.3 is 0 Å². The summed E-state index contributed by atoms with van der Waals surface area (Å²) in [7, 11) is 0. The predicted octanol–water partition coefficient (Wildman–Crippen LogP) is 4.22. The van der Waals surface area contributed by atoms with Gasteiger partial charge < -0.3 is 16.3 Å². The zero-order valence-corrected chi connectivity index (χ0v) is 13.0. The van der Waals surface area contributed by atoms with E-state index in [1.807, 2.05) is 0 Å². The summed E-state index contributed by atoms with van der Waals surface area (Å²) in [5.41, 5.74) is 4.95. The molecule has 4 nitrogen and oxygen atoms in total. The standard InChI is InChI=1S/C16H25F2N3O/c1-2-3-4-5-6-7-8-11-20-13-10-9-12(17)14(15(13)18)16(19)21-22/h9-10,20,22H,2-8,11H2,1H3,(H2,19,21). The van der Waals surface area contributed by atoms with Crippen LogP contribution in [0.15, 0.2) is 17.3 Å². The maximum absolute atomic E-state index is 14.1. The fourth-order valence-electron chi connectivity index (χ4n) is 2.28. The maximum Gasteiger partial charge on any atom is 0.176 e. The van der Waals surface area contributed by atoms with Crippen LogP contribution in [0.4, 0.5) is 14.5 Å². The van der Waals surface area contributed by atoms with Crippen molar-refractivity contribution in [3.63, 3.8) is 0 Å². The molecule has 0 radical (unpaired) electrons. The fraction of sp³-hybridized carbons (Fsp3) is 0.562. The topological polar surface area (TPSA) is 70.6 Å². The number of hydrogen-bond donors (Lipinski definition) is 3. The second-order valence-corrected chi connectivity index (χ2v) is 5.32. The highest BCUT2D eigenvalue weighted by atomic mass is 19.1. The van der Waals surface area contributed by atoms with E-state index in [1.165, 1.54) is 38.2 Å². The van der Waals surface area contributed by atoms with Crippen LogP contribution in [-0.2, 0) is 0 Å². The third-order valence-corrected chi connectivity index (χ3v) is 3.55. The zero-order chi connectivity index (χ0) is 16.4. The quantitative estimate of drug-likeness (QED) is 0.199. The highest BCUT2D eigenvalue weighted by Gasteiger charge is 2.17. The van der Waals surface area contributed by atoms with Crippen LogP contribution in [0.2, 0.25) is 0 Å². The lowest BCUT2D eigenvalue weighted by molar-refractivity contribution is 0.318. The summed E-state index contributed by atoms with van der Waals surface area (Å²) in [4.78, 5) is 0. The molecule has 0 unspecified atom stereocenters. The summed E-state index contributed by atoms with van der Waals surface area (Å²) in [5.74, 6) is -2.26. The number of halogens is 2. The first-order valence-corrected chi connectivity index (χ1v) is 7.81. The smallest absolute Gasteiger partial charge is 0.176 e. The van der Waals surface area contributed by atoms with Crippen LogP contribution >= 0.6 is 0 Å². The molecule has 0 saturated heterocycles.